The van der Waals surface area contributed by atoms with Gasteiger partial charge in [-0.15, -0.1) is 0 Å². The molecule has 26 heavy (non-hydrogen) atoms. The molecule has 1 aromatic heterocycles. The van der Waals surface area contributed by atoms with Crippen LogP contribution in [0.5, 0.6) is 0 Å². The molecule has 0 N–H and O–H groups in total. The van der Waals surface area contributed by atoms with Gasteiger partial charge in [0.2, 0.25) is 0 Å². The summed E-state index contributed by atoms with van der Waals surface area (Å²) in [4.78, 5) is 23.9. The van der Waals surface area contributed by atoms with Crippen LogP contribution in [0.4, 0.5) is 0 Å². The summed E-state index contributed by atoms with van der Waals surface area (Å²) < 4.78 is 11.9. The monoisotopic (exact) mass is 353 g/mol. The minimum atomic E-state index is -0.461. The highest BCUT2D eigenvalue weighted by atomic mass is 16.5. The highest BCUT2D eigenvalue weighted by molar-refractivity contribution is 5.73. The van der Waals surface area contributed by atoms with Crippen LogP contribution in [-0.2, 0) is 28.1 Å². The maximum absolute atomic E-state index is 12.0. The number of nitrogens with zero attached hydrogens (tertiary/aromatic N) is 1. The van der Waals surface area contributed by atoms with Crippen molar-refractivity contribution >= 4 is 17.1 Å². The SMILES string of the molecule is CC(C)(C)c1ccc(COC(=O)CCn2c(=O)oc3ccccc32)cc1. The summed E-state index contributed by atoms with van der Waals surface area (Å²) in [5.74, 6) is -0.807. The van der Waals surface area contributed by atoms with E-state index in [9.17, 15) is 9.59 Å². The molecule has 0 aliphatic rings. The standard InChI is InChI=1S/C21H23NO4/c1-21(2,3)16-10-8-15(9-11-16)14-25-19(23)12-13-22-17-6-4-5-7-18(17)26-20(22)24/h4-11H,12-14H2,1-3H3. The number of hydrogen-bond acceptors (Lipinski definition) is 4. The van der Waals surface area contributed by atoms with Crippen LogP contribution in [0.3, 0.4) is 0 Å². The summed E-state index contributed by atoms with van der Waals surface area (Å²) in [7, 11) is 0. The Balaban J connectivity index is 1.56. The first-order valence-corrected chi connectivity index (χ1v) is 8.68. The van der Waals surface area contributed by atoms with Crippen molar-refractivity contribution < 1.29 is 13.9 Å². The fourth-order valence-corrected chi connectivity index (χ4v) is 2.77. The topological polar surface area (TPSA) is 61.4 Å². The summed E-state index contributed by atoms with van der Waals surface area (Å²) in [6, 6.07) is 15.2. The Morgan fingerprint density at radius 2 is 1.77 bits per heavy atom. The lowest BCUT2D eigenvalue weighted by Crippen LogP contribution is -2.17. The lowest BCUT2D eigenvalue weighted by atomic mass is 9.87. The molecule has 0 saturated heterocycles. The predicted molar refractivity (Wildman–Crippen MR) is 100 cm³/mol. The van der Waals surface area contributed by atoms with E-state index in [1.165, 1.54) is 10.1 Å². The summed E-state index contributed by atoms with van der Waals surface area (Å²) in [6.45, 7) is 6.93. The van der Waals surface area contributed by atoms with E-state index in [-0.39, 0.29) is 31.0 Å². The molecule has 5 heteroatoms. The van der Waals surface area contributed by atoms with Crippen molar-refractivity contribution in [3.05, 3.63) is 70.2 Å². The van der Waals surface area contributed by atoms with E-state index in [0.717, 1.165) is 5.56 Å². The fraction of sp³-hybridized carbons (Fsp3) is 0.333. The molecule has 5 nitrogen and oxygen atoms in total. The number of aryl methyl sites for hydroxylation is 1. The molecular formula is C21H23NO4. The molecule has 3 aromatic rings. The zero-order chi connectivity index (χ0) is 18.7. The molecule has 0 unspecified atom stereocenters. The summed E-state index contributed by atoms with van der Waals surface area (Å²) >= 11 is 0. The average Bonchev–Trinajstić information content (AvgIpc) is 2.93. The summed E-state index contributed by atoms with van der Waals surface area (Å²) in [5, 5.41) is 0. The molecule has 0 aliphatic carbocycles. The van der Waals surface area contributed by atoms with Gasteiger partial charge in [-0.3, -0.25) is 9.36 Å². The second-order valence-electron chi connectivity index (χ2n) is 7.34. The third kappa shape index (κ3) is 4.04. The van der Waals surface area contributed by atoms with Crippen molar-refractivity contribution in [2.75, 3.05) is 0 Å². The van der Waals surface area contributed by atoms with Crippen molar-refractivity contribution in [3.8, 4) is 0 Å². The maximum atomic E-state index is 12.0. The molecule has 0 radical (unpaired) electrons. The van der Waals surface area contributed by atoms with Crippen LogP contribution >= 0.6 is 0 Å². The first-order chi connectivity index (χ1) is 12.3. The van der Waals surface area contributed by atoms with E-state index in [4.69, 9.17) is 9.15 Å². The molecule has 0 atom stereocenters. The van der Waals surface area contributed by atoms with E-state index < -0.39 is 5.76 Å². The molecule has 136 valence electrons. The first kappa shape index (κ1) is 18.0. The molecular weight excluding hydrogens is 330 g/mol. The van der Waals surface area contributed by atoms with Gasteiger partial charge in [0.05, 0.1) is 11.9 Å². The van der Waals surface area contributed by atoms with Gasteiger partial charge in [-0.2, -0.15) is 0 Å². The van der Waals surface area contributed by atoms with Crippen molar-refractivity contribution in [1.29, 1.82) is 0 Å². The molecule has 1 heterocycles. The van der Waals surface area contributed by atoms with E-state index in [1.54, 1.807) is 18.2 Å². The van der Waals surface area contributed by atoms with E-state index in [2.05, 4.69) is 32.9 Å². The minimum Gasteiger partial charge on any atom is -0.461 e. The predicted octanol–water partition coefficient (Wildman–Crippen LogP) is 4.03. The third-order valence-electron chi connectivity index (χ3n) is 4.33. The van der Waals surface area contributed by atoms with Crippen molar-refractivity contribution in [1.82, 2.24) is 4.57 Å². The average molecular weight is 353 g/mol. The molecule has 0 fully saturated rings. The van der Waals surface area contributed by atoms with Crippen LogP contribution in [-0.4, -0.2) is 10.5 Å². The quantitative estimate of drug-likeness (QED) is 0.650. The van der Waals surface area contributed by atoms with E-state index in [1.807, 2.05) is 18.2 Å². The second kappa shape index (κ2) is 7.20. The number of rotatable bonds is 5. The van der Waals surface area contributed by atoms with E-state index >= 15 is 0 Å². The molecule has 0 saturated carbocycles. The smallest absolute Gasteiger partial charge is 0.419 e. The number of oxazole rings is 1. The lowest BCUT2D eigenvalue weighted by Gasteiger charge is -2.19. The Kier molecular flexibility index (Phi) is 4.98. The van der Waals surface area contributed by atoms with Gasteiger partial charge in [-0.05, 0) is 28.7 Å². The van der Waals surface area contributed by atoms with Gasteiger partial charge in [0, 0.05) is 6.54 Å². The minimum absolute atomic E-state index is 0.0931. The number of para-hydroxylation sites is 2. The van der Waals surface area contributed by atoms with Crippen LogP contribution in [0.2, 0.25) is 0 Å². The normalized spacial score (nSPS) is 11.7. The number of fused-ring (bicyclic) bond motifs is 1. The van der Waals surface area contributed by atoms with Crippen LogP contribution in [0.25, 0.3) is 11.1 Å². The number of esters is 1. The van der Waals surface area contributed by atoms with Crippen LogP contribution < -0.4 is 5.76 Å². The van der Waals surface area contributed by atoms with Gasteiger partial charge < -0.3 is 9.15 Å². The fourth-order valence-electron chi connectivity index (χ4n) is 2.77. The molecule has 0 aliphatic heterocycles. The maximum Gasteiger partial charge on any atom is 0.419 e. The number of carbonyl (C=O) groups excluding carboxylic acids is 1. The van der Waals surface area contributed by atoms with Crippen LogP contribution in [0.1, 0.15) is 38.3 Å². The highest BCUT2D eigenvalue weighted by Crippen LogP contribution is 2.22. The summed E-state index contributed by atoms with van der Waals surface area (Å²) in [5.41, 5.74) is 3.47. The molecule has 0 amide bonds. The van der Waals surface area contributed by atoms with Crippen molar-refractivity contribution in [3.63, 3.8) is 0 Å². The largest absolute Gasteiger partial charge is 0.461 e. The van der Waals surface area contributed by atoms with Crippen molar-refractivity contribution in [2.24, 2.45) is 0 Å². The number of ether oxygens (including phenoxy) is 1. The Morgan fingerprint density at radius 1 is 1.08 bits per heavy atom. The van der Waals surface area contributed by atoms with E-state index in [0.29, 0.717) is 11.1 Å². The second-order valence-corrected chi connectivity index (χ2v) is 7.34. The number of benzene rings is 2. The van der Waals surface area contributed by atoms with Crippen LogP contribution in [0, 0.1) is 0 Å². The molecule has 0 bridgehead atoms. The van der Waals surface area contributed by atoms with Gasteiger partial charge in [-0.25, -0.2) is 4.79 Å². The number of aromatic nitrogens is 1. The zero-order valence-electron chi connectivity index (χ0n) is 15.3. The molecule has 0 spiro atoms. The van der Waals surface area contributed by atoms with Gasteiger partial charge in [-0.1, -0.05) is 57.2 Å². The third-order valence-corrected chi connectivity index (χ3v) is 4.33. The zero-order valence-corrected chi connectivity index (χ0v) is 15.3. The Morgan fingerprint density at radius 3 is 2.46 bits per heavy atom. The Hall–Kier alpha value is -2.82. The highest BCUT2D eigenvalue weighted by Gasteiger charge is 2.14. The van der Waals surface area contributed by atoms with Crippen LogP contribution in [0.15, 0.2) is 57.7 Å². The van der Waals surface area contributed by atoms with Gasteiger partial charge in [0.25, 0.3) is 0 Å². The van der Waals surface area contributed by atoms with Gasteiger partial charge in [0.15, 0.2) is 5.58 Å². The van der Waals surface area contributed by atoms with Gasteiger partial charge >= 0.3 is 11.7 Å². The summed E-state index contributed by atoms with van der Waals surface area (Å²) in [6.07, 6.45) is 0.115. The molecule has 3 rings (SSSR count). The lowest BCUT2D eigenvalue weighted by molar-refractivity contribution is -0.145. The number of carbonyl (C=O) groups is 1. The Bertz CT molecular complexity index is 958. The first-order valence-electron chi connectivity index (χ1n) is 8.68. The van der Waals surface area contributed by atoms with Crippen molar-refractivity contribution in [2.45, 2.75) is 45.8 Å². The van der Waals surface area contributed by atoms with Gasteiger partial charge in [0.1, 0.15) is 6.61 Å². The Labute approximate surface area is 152 Å². The number of hydrogen-bond donors (Lipinski definition) is 0. The molecule has 2 aromatic carbocycles.